The first-order chi connectivity index (χ1) is 29.0. The third-order valence-electron chi connectivity index (χ3n) is 14.4. The van der Waals surface area contributed by atoms with E-state index < -0.39 is 0 Å². The number of thiophene rings is 1. The van der Waals surface area contributed by atoms with Crippen molar-refractivity contribution in [2.24, 2.45) is 0 Å². The van der Waals surface area contributed by atoms with Crippen LogP contribution in [-0.4, -0.2) is 6.71 Å². The maximum Gasteiger partial charge on any atom is 0.264 e. The molecule has 61 heavy (non-hydrogen) atoms. The highest BCUT2D eigenvalue weighted by Crippen LogP contribution is 2.50. The van der Waals surface area contributed by atoms with Crippen LogP contribution in [0.5, 0.6) is 0 Å². The monoisotopic (exact) mass is 816 g/mol. The van der Waals surface area contributed by atoms with Gasteiger partial charge in [0.25, 0.3) is 6.71 Å². The Labute approximate surface area is 369 Å². The van der Waals surface area contributed by atoms with Crippen LogP contribution >= 0.6 is 11.3 Å². The van der Waals surface area contributed by atoms with E-state index in [4.69, 9.17) is 0 Å². The van der Waals surface area contributed by atoms with Crippen molar-refractivity contribution in [3.05, 3.63) is 149 Å². The van der Waals surface area contributed by atoms with Crippen LogP contribution in [-0.2, 0) is 29.1 Å². The Balaban J connectivity index is 1.30. The lowest BCUT2D eigenvalue weighted by Crippen LogP contribution is -2.60. The van der Waals surface area contributed by atoms with Crippen LogP contribution in [0.2, 0.25) is 0 Å². The second kappa shape index (κ2) is 14.2. The smallest absolute Gasteiger partial charge is 0.264 e. The minimum atomic E-state index is 0.0114. The number of fused-ring (bicyclic) bond motifs is 7. The van der Waals surface area contributed by atoms with Crippen LogP contribution in [0.25, 0.3) is 21.2 Å². The number of rotatable bonds is 6. The van der Waals surface area contributed by atoms with Crippen LogP contribution in [0.15, 0.2) is 115 Å². The standard InChI is InChI=1S/C57H61BN2S/c1-12-57(10,11)42-24-29-48-46(34-42)58-52-49(59(43-26-21-36(22-27-43)35(2)3)53-45-33-41(56(7,8)9)25-30-51(45)61-54(53)58)17-14-18-50(52)60(48)47-28-23-40(55(4,5)6)32-44(47)39-20-19-37-15-13-16-38(37)31-39/h14,17-35H,12-13,15-16H2,1-11H3. The van der Waals surface area contributed by atoms with Gasteiger partial charge in [-0.15, -0.1) is 11.3 Å². The van der Waals surface area contributed by atoms with Gasteiger partial charge in [0.05, 0.1) is 11.4 Å². The van der Waals surface area contributed by atoms with Crippen LogP contribution in [0.3, 0.4) is 0 Å². The minimum Gasteiger partial charge on any atom is -0.311 e. The zero-order valence-electron chi connectivity index (χ0n) is 38.3. The summed E-state index contributed by atoms with van der Waals surface area (Å²) in [6.45, 7) is 25.9. The van der Waals surface area contributed by atoms with Gasteiger partial charge in [0, 0.05) is 43.2 Å². The molecule has 2 nitrogen and oxygen atoms in total. The molecule has 0 unspecified atom stereocenters. The van der Waals surface area contributed by atoms with Gasteiger partial charge >= 0.3 is 0 Å². The first kappa shape index (κ1) is 40.0. The molecular formula is C57H61BN2S. The van der Waals surface area contributed by atoms with Crippen molar-refractivity contribution in [2.75, 3.05) is 9.80 Å². The fraction of sp³-hybridized carbons (Fsp3) is 0.333. The van der Waals surface area contributed by atoms with Crippen LogP contribution < -0.4 is 25.5 Å². The minimum absolute atomic E-state index is 0.0114. The van der Waals surface area contributed by atoms with Gasteiger partial charge in [0.2, 0.25) is 0 Å². The molecule has 2 aliphatic heterocycles. The van der Waals surface area contributed by atoms with Crippen LogP contribution in [0, 0.1) is 0 Å². The molecule has 0 atom stereocenters. The number of anilines is 6. The van der Waals surface area contributed by atoms with E-state index in [2.05, 4.69) is 201 Å². The second-order valence-corrected chi connectivity index (χ2v) is 22.2. The van der Waals surface area contributed by atoms with E-state index >= 15 is 0 Å². The highest BCUT2D eigenvalue weighted by molar-refractivity contribution is 7.33. The van der Waals surface area contributed by atoms with E-state index in [0.29, 0.717) is 5.92 Å². The van der Waals surface area contributed by atoms with E-state index in [9.17, 15) is 0 Å². The van der Waals surface area contributed by atoms with E-state index in [1.54, 1.807) is 0 Å². The van der Waals surface area contributed by atoms with E-state index in [-0.39, 0.29) is 23.0 Å². The maximum absolute atomic E-state index is 2.64. The highest BCUT2D eigenvalue weighted by atomic mass is 32.1. The SMILES string of the molecule is CCC(C)(C)c1ccc2c(c1)B1c3sc4ccc(C(C)(C)C)cc4c3N(c3ccc(C(C)C)cc3)c3cccc(c31)N2c1ccc(C(C)(C)C)cc1-c1ccc2c(c1)CCC2. The Morgan fingerprint density at radius 1 is 0.623 bits per heavy atom. The average molecular weight is 817 g/mol. The molecular weight excluding hydrogens is 756 g/mol. The summed E-state index contributed by atoms with van der Waals surface area (Å²) in [5, 5.41) is 1.35. The summed E-state index contributed by atoms with van der Waals surface area (Å²) in [5.41, 5.74) is 21.6. The number of benzene rings is 6. The van der Waals surface area contributed by atoms with Crippen molar-refractivity contribution in [3.63, 3.8) is 0 Å². The van der Waals surface area contributed by atoms with Gasteiger partial charge in [0.15, 0.2) is 0 Å². The molecule has 0 radical (unpaired) electrons. The number of hydrogen-bond donors (Lipinski definition) is 0. The van der Waals surface area contributed by atoms with Gasteiger partial charge < -0.3 is 9.80 Å². The molecule has 1 aliphatic carbocycles. The Morgan fingerprint density at radius 2 is 1.28 bits per heavy atom. The quantitative estimate of drug-likeness (QED) is 0.154. The topological polar surface area (TPSA) is 6.48 Å². The molecule has 0 fully saturated rings. The molecule has 0 saturated heterocycles. The Kier molecular flexibility index (Phi) is 9.35. The van der Waals surface area contributed by atoms with Gasteiger partial charge in [-0.05, 0) is 152 Å². The Hall–Kier alpha value is -5.06. The molecule has 1 aromatic heterocycles. The summed E-state index contributed by atoms with van der Waals surface area (Å²) in [7, 11) is 0. The largest absolute Gasteiger partial charge is 0.311 e. The summed E-state index contributed by atoms with van der Waals surface area (Å²) < 4.78 is 2.78. The van der Waals surface area contributed by atoms with Gasteiger partial charge in [-0.1, -0.05) is 137 Å². The summed E-state index contributed by atoms with van der Waals surface area (Å²) in [4.78, 5) is 5.26. The summed E-state index contributed by atoms with van der Waals surface area (Å²) >= 11 is 2.00. The Bertz CT molecular complexity index is 2860. The van der Waals surface area contributed by atoms with Crippen LogP contribution in [0.1, 0.15) is 128 Å². The zero-order chi connectivity index (χ0) is 42.7. The normalized spacial score (nSPS) is 14.7. The van der Waals surface area contributed by atoms with E-state index in [1.807, 2.05) is 11.3 Å². The van der Waals surface area contributed by atoms with Crippen molar-refractivity contribution in [1.82, 2.24) is 0 Å². The lowest BCUT2D eigenvalue weighted by molar-refractivity contribution is 0.506. The molecule has 0 amide bonds. The molecule has 0 bridgehead atoms. The van der Waals surface area contributed by atoms with Crippen molar-refractivity contribution in [1.29, 1.82) is 0 Å². The maximum atomic E-state index is 2.64. The molecule has 10 rings (SSSR count). The predicted molar refractivity (Wildman–Crippen MR) is 268 cm³/mol. The molecule has 0 saturated carbocycles. The molecule has 3 heterocycles. The molecule has 4 heteroatoms. The van der Waals surface area contributed by atoms with Crippen molar-refractivity contribution in [3.8, 4) is 11.1 Å². The molecule has 3 aliphatic rings. The van der Waals surface area contributed by atoms with E-state index in [0.717, 1.165) is 12.8 Å². The summed E-state index contributed by atoms with van der Waals surface area (Å²) in [6, 6.07) is 45.9. The lowest BCUT2D eigenvalue weighted by atomic mass is 9.36. The molecule has 6 aromatic carbocycles. The Morgan fingerprint density at radius 3 is 1.98 bits per heavy atom. The zero-order valence-corrected chi connectivity index (χ0v) is 39.1. The second-order valence-electron chi connectivity index (χ2n) is 21.2. The van der Waals surface area contributed by atoms with Gasteiger partial charge in [0.1, 0.15) is 0 Å². The lowest BCUT2D eigenvalue weighted by Gasteiger charge is -2.44. The van der Waals surface area contributed by atoms with E-state index in [1.165, 1.54) is 117 Å². The van der Waals surface area contributed by atoms with Gasteiger partial charge in [-0.25, -0.2) is 0 Å². The number of hydrogen-bond acceptors (Lipinski definition) is 3. The summed E-state index contributed by atoms with van der Waals surface area (Å²) in [5.74, 6) is 0.465. The van der Waals surface area contributed by atoms with Gasteiger partial charge in [-0.3, -0.25) is 0 Å². The summed E-state index contributed by atoms with van der Waals surface area (Å²) in [6.07, 6.45) is 4.67. The van der Waals surface area contributed by atoms with Crippen molar-refractivity contribution >= 4 is 78.0 Å². The predicted octanol–water partition coefficient (Wildman–Crippen LogP) is 14.5. The third-order valence-corrected chi connectivity index (χ3v) is 15.7. The van der Waals surface area contributed by atoms with Gasteiger partial charge in [-0.2, -0.15) is 0 Å². The molecule has 0 N–H and O–H groups in total. The van der Waals surface area contributed by atoms with Crippen molar-refractivity contribution < 1.29 is 0 Å². The first-order valence-corrected chi connectivity index (χ1v) is 23.7. The molecule has 7 aromatic rings. The van der Waals surface area contributed by atoms with Crippen LogP contribution in [0.4, 0.5) is 34.1 Å². The molecule has 308 valence electrons. The fourth-order valence-electron chi connectivity index (χ4n) is 10.2. The third kappa shape index (κ3) is 6.50. The van der Waals surface area contributed by atoms with Crippen molar-refractivity contribution in [2.45, 2.75) is 124 Å². The number of nitrogens with zero attached hydrogens (tertiary/aromatic N) is 2. The molecule has 0 spiro atoms. The number of aryl methyl sites for hydroxylation is 2. The highest BCUT2D eigenvalue weighted by Gasteiger charge is 2.46. The fourth-order valence-corrected chi connectivity index (χ4v) is 11.5. The first-order valence-electron chi connectivity index (χ1n) is 22.8. The average Bonchev–Trinajstić information content (AvgIpc) is 3.87.